The number of benzene rings is 7. The summed E-state index contributed by atoms with van der Waals surface area (Å²) >= 11 is 6.43. The maximum absolute atomic E-state index is 6.55. The summed E-state index contributed by atoms with van der Waals surface area (Å²) in [6.45, 7) is 0. The van der Waals surface area contributed by atoms with Crippen LogP contribution in [0.5, 0.6) is 0 Å². The third-order valence-electron chi connectivity index (χ3n) is 8.33. The van der Waals surface area contributed by atoms with Gasteiger partial charge in [0.2, 0.25) is 0 Å². The van der Waals surface area contributed by atoms with E-state index < -0.39 is 0 Å². The second-order valence-corrected chi connectivity index (χ2v) is 11.5. The summed E-state index contributed by atoms with van der Waals surface area (Å²) in [5.41, 5.74) is 4.18. The predicted octanol–water partition coefficient (Wildman–Crippen LogP) is 10.9. The molecule has 0 bridgehead atoms. The maximum Gasteiger partial charge on any atom is 0.167 e. The van der Waals surface area contributed by atoms with Gasteiger partial charge in [-0.05, 0) is 68.7 Å². The average molecular weight is 584 g/mol. The third kappa shape index (κ3) is 4.03. The Balaban J connectivity index is 1.31. The van der Waals surface area contributed by atoms with Gasteiger partial charge < -0.3 is 4.42 Å². The van der Waals surface area contributed by atoms with E-state index in [1.165, 1.54) is 10.8 Å². The number of rotatable bonds is 3. The van der Waals surface area contributed by atoms with E-state index in [1.807, 2.05) is 60.7 Å². The molecule has 0 unspecified atom stereocenters. The van der Waals surface area contributed by atoms with Crippen LogP contribution in [0.3, 0.4) is 0 Å². The molecule has 206 valence electrons. The summed E-state index contributed by atoms with van der Waals surface area (Å²) < 4.78 is 6.55. The lowest BCUT2D eigenvalue weighted by atomic mass is 10.0. The summed E-state index contributed by atoms with van der Waals surface area (Å²) in [6, 6.07) is 45.4. The molecule has 0 saturated heterocycles. The minimum absolute atomic E-state index is 0.554. The second kappa shape index (κ2) is 9.73. The molecule has 0 fully saturated rings. The van der Waals surface area contributed by atoms with E-state index in [1.54, 1.807) is 0 Å². The lowest BCUT2D eigenvalue weighted by molar-refractivity contribution is 0.670. The van der Waals surface area contributed by atoms with Crippen molar-refractivity contribution in [3.8, 4) is 34.2 Å². The van der Waals surface area contributed by atoms with Crippen molar-refractivity contribution < 1.29 is 4.42 Å². The van der Waals surface area contributed by atoms with E-state index in [4.69, 9.17) is 31.0 Å². The number of halogens is 1. The van der Waals surface area contributed by atoms with E-state index in [0.29, 0.717) is 22.5 Å². The van der Waals surface area contributed by atoms with Crippen LogP contribution in [0.25, 0.3) is 88.4 Å². The van der Waals surface area contributed by atoms with Crippen LogP contribution in [0.1, 0.15) is 0 Å². The Morgan fingerprint density at radius 2 is 1.05 bits per heavy atom. The SMILES string of the molecule is Clc1ccc2ccc3oc4c(-c5nc(-c6ccc7ccccc7c6)nc(-c6ccc7ccccc7c6)n5)cccc4c3c2c1. The first-order chi connectivity index (χ1) is 21.7. The van der Waals surface area contributed by atoms with Crippen LogP contribution in [0, 0.1) is 0 Å². The molecule has 7 aromatic carbocycles. The molecule has 0 aliphatic carbocycles. The topological polar surface area (TPSA) is 51.8 Å². The fourth-order valence-electron chi connectivity index (χ4n) is 6.18. The highest BCUT2D eigenvalue weighted by molar-refractivity contribution is 6.32. The molecule has 0 saturated carbocycles. The van der Waals surface area contributed by atoms with E-state index in [-0.39, 0.29) is 0 Å². The highest BCUT2D eigenvalue weighted by atomic mass is 35.5. The van der Waals surface area contributed by atoms with Gasteiger partial charge in [-0.2, -0.15) is 0 Å². The van der Waals surface area contributed by atoms with Gasteiger partial charge in [0.1, 0.15) is 11.2 Å². The lowest BCUT2D eigenvalue weighted by Crippen LogP contribution is -2.00. The molecule has 9 aromatic rings. The van der Waals surface area contributed by atoms with Crippen LogP contribution in [0.15, 0.2) is 138 Å². The molecule has 2 aromatic heterocycles. The number of furan rings is 1. The van der Waals surface area contributed by atoms with Crippen LogP contribution in [-0.2, 0) is 0 Å². The quantitative estimate of drug-likeness (QED) is 0.207. The van der Waals surface area contributed by atoms with Crippen molar-refractivity contribution >= 4 is 65.9 Å². The standard InChI is InChI=1S/C39H22ClN3O/c40-30-18-16-25-17-19-34-35(33(25)22-30)31-10-5-11-32(36(31)44-34)39-42-37(28-14-12-23-6-1-3-8-26(23)20-28)41-38(43-39)29-15-13-24-7-2-4-9-27(24)21-29/h1-22H. The number of nitrogens with zero attached hydrogens (tertiary/aromatic N) is 3. The number of hydrogen-bond donors (Lipinski definition) is 0. The predicted molar refractivity (Wildman–Crippen MR) is 181 cm³/mol. The Morgan fingerprint density at radius 1 is 0.455 bits per heavy atom. The molecule has 0 radical (unpaired) electrons. The van der Waals surface area contributed by atoms with Crippen LogP contribution in [0.4, 0.5) is 0 Å². The number of fused-ring (bicyclic) bond motifs is 7. The molecule has 0 aliphatic heterocycles. The summed E-state index contributed by atoms with van der Waals surface area (Å²) in [7, 11) is 0. The van der Waals surface area contributed by atoms with Crippen LogP contribution in [-0.4, -0.2) is 15.0 Å². The maximum atomic E-state index is 6.55. The van der Waals surface area contributed by atoms with E-state index >= 15 is 0 Å². The second-order valence-electron chi connectivity index (χ2n) is 11.0. The largest absolute Gasteiger partial charge is 0.455 e. The molecule has 0 aliphatic rings. The zero-order chi connectivity index (χ0) is 29.2. The Morgan fingerprint density at radius 3 is 1.73 bits per heavy atom. The zero-order valence-corrected chi connectivity index (χ0v) is 24.1. The number of para-hydroxylation sites is 1. The normalized spacial score (nSPS) is 11.8. The Kier molecular flexibility index (Phi) is 5.52. The molecule has 2 heterocycles. The first-order valence-electron chi connectivity index (χ1n) is 14.5. The van der Waals surface area contributed by atoms with Crippen molar-refractivity contribution in [2.75, 3.05) is 0 Å². The third-order valence-corrected chi connectivity index (χ3v) is 8.57. The molecule has 0 spiro atoms. The molecular weight excluding hydrogens is 562 g/mol. The minimum Gasteiger partial charge on any atom is -0.455 e. The van der Waals surface area contributed by atoms with Gasteiger partial charge in [-0.15, -0.1) is 0 Å². The van der Waals surface area contributed by atoms with Crippen LogP contribution >= 0.6 is 11.6 Å². The highest BCUT2D eigenvalue weighted by Gasteiger charge is 2.19. The highest BCUT2D eigenvalue weighted by Crippen LogP contribution is 2.40. The van der Waals surface area contributed by atoms with E-state index in [0.717, 1.165) is 60.2 Å². The molecule has 0 amide bonds. The van der Waals surface area contributed by atoms with Crippen LogP contribution in [0.2, 0.25) is 5.02 Å². The molecule has 0 N–H and O–H groups in total. The first-order valence-corrected chi connectivity index (χ1v) is 14.8. The van der Waals surface area contributed by atoms with Gasteiger partial charge in [0.05, 0.1) is 5.56 Å². The Hall–Kier alpha value is -5.58. The van der Waals surface area contributed by atoms with Crippen molar-refractivity contribution in [2.45, 2.75) is 0 Å². The Bertz CT molecular complexity index is 2490. The van der Waals surface area contributed by atoms with Gasteiger partial charge in [-0.25, -0.2) is 15.0 Å². The fourth-order valence-corrected chi connectivity index (χ4v) is 6.35. The molecule has 0 atom stereocenters. The first kappa shape index (κ1) is 25.0. The monoisotopic (exact) mass is 583 g/mol. The van der Waals surface area contributed by atoms with Gasteiger partial charge in [-0.1, -0.05) is 109 Å². The van der Waals surface area contributed by atoms with Crippen molar-refractivity contribution in [3.63, 3.8) is 0 Å². The van der Waals surface area contributed by atoms with Crippen LogP contribution < -0.4 is 0 Å². The van der Waals surface area contributed by atoms with Gasteiger partial charge in [0.25, 0.3) is 0 Å². The van der Waals surface area contributed by atoms with E-state index in [2.05, 4.69) is 72.8 Å². The number of aromatic nitrogens is 3. The summed E-state index contributed by atoms with van der Waals surface area (Å²) in [5, 5.41) is 9.45. The lowest BCUT2D eigenvalue weighted by Gasteiger charge is -2.10. The molecular formula is C39H22ClN3O. The van der Waals surface area contributed by atoms with Gasteiger partial charge >= 0.3 is 0 Å². The van der Waals surface area contributed by atoms with Crippen molar-refractivity contribution in [3.05, 3.63) is 138 Å². The van der Waals surface area contributed by atoms with Gasteiger partial charge in [0.15, 0.2) is 17.5 Å². The molecule has 4 nitrogen and oxygen atoms in total. The van der Waals surface area contributed by atoms with Crippen molar-refractivity contribution in [2.24, 2.45) is 0 Å². The molecule has 9 rings (SSSR count). The minimum atomic E-state index is 0.554. The number of hydrogen-bond acceptors (Lipinski definition) is 4. The summed E-state index contributed by atoms with van der Waals surface area (Å²) in [6.07, 6.45) is 0. The van der Waals surface area contributed by atoms with Gasteiger partial charge in [0, 0.05) is 26.9 Å². The molecule has 5 heteroatoms. The summed E-state index contributed by atoms with van der Waals surface area (Å²) in [5.74, 6) is 1.77. The summed E-state index contributed by atoms with van der Waals surface area (Å²) in [4.78, 5) is 15.1. The zero-order valence-electron chi connectivity index (χ0n) is 23.3. The van der Waals surface area contributed by atoms with Gasteiger partial charge in [-0.3, -0.25) is 0 Å². The Labute approximate surface area is 257 Å². The molecule has 44 heavy (non-hydrogen) atoms. The smallest absolute Gasteiger partial charge is 0.167 e. The average Bonchev–Trinajstić information content (AvgIpc) is 3.47. The van der Waals surface area contributed by atoms with Crippen molar-refractivity contribution in [1.29, 1.82) is 0 Å². The van der Waals surface area contributed by atoms with E-state index in [9.17, 15) is 0 Å². The fraction of sp³-hybridized carbons (Fsp3) is 0. The van der Waals surface area contributed by atoms with Crippen molar-refractivity contribution in [1.82, 2.24) is 15.0 Å².